The summed E-state index contributed by atoms with van der Waals surface area (Å²) in [4.78, 5) is 15.2. The molecule has 0 saturated heterocycles. The third-order valence-corrected chi connectivity index (χ3v) is 3.37. The molecule has 1 heterocycles. The van der Waals surface area contributed by atoms with Crippen LogP contribution in [-0.4, -0.2) is 21.6 Å². The van der Waals surface area contributed by atoms with Crippen molar-refractivity contribution in [3.8, 4) is 6.07 Å². The molecule has 1 fully saturated rings. The normalized spacial score (nSPS) is 16.7. The molecule has 0 atom stereocenters. The van der Waals surface area contributed by atoms with Gasteiger partial charge in [-0.3, -0.25) is 0 Å². The molecule has 1 aromatic rings. The summed E-state index contributed by atoms with van der Waals surface area (Å²) in [5.74, 6) is -0.656. The largest absolute Gasteiger partial charge is 0.480 e. The summed E-state index contributed by atoms with van der Waals surface area (Å²) in [5.41, 5.74) is -0.700. The average molecular weight is 252 g/mol. The minimum absolute atomic E-state index is 0.169. The van der Waals surface area contributed by atoms with Crippen LogP contribution in [0.5, 0.6) is 0 Å². The quantitative estimate of drug-likeness (QED) is 0.858. The zero-order chi connectivity index (χ0) is 12.5. The number of halogens is 1. The molecule has 0 amide bonds. The second-order valence-electron chi connectivity index (χ2n) is 4.00. The summed E-state index contributed by atoms with van der Waals surface area (Å²) in [6.45, 7) is 0. The summed E-state index contributed by atoms with van der Waals surface area (Å²) < 4.78 is 0. The van der Waals surface area contributed by atoms with E-state index < -0.39 is 11.5 Å². The lowest BCUT2D eigenvalue weighted by atomic mass is 9.77. The average Bonchev–Trinajstić information content (AvgIpc) is 2.25. The summed E-state index contributed by atoms with van der Waals surface area (Å²) in [7, 11) is 0. The lowest BCUT2D eigenvalue weighted by Gasteiger charge is -2.38. The number of pyridine rings is 1. The molecule has 0 radical (unpaired) electrons. The van der Waals surface area contributed by atoms with E-state index in [2.05, 4.69) is 10.3 Å². The summed E-state index contributed by atoms with van der Waals surface area (Å²) in [5, 5.41) is 21.0. The summed E-state index contributed by atoms with van der Waals surface area (Å²) >= 11 is 5.96. The zero-order valence-electron chi connectivity index (χ0n) is 8.90. The van der Waals surface area contributed by atoms with Gasteiger partial charge in [-0.25, -0.2) is 9.78 Å². The SMILES string of the molecule is N#Cc1ccnc(NC2(C(=O)O)CCC2)c1Cl. The molecule has 1 saturated carbocycles. The van der Waals surface area contributed by atoms with Crippen LogP contribution >= 0.6 is 11.6 Å². The van der Waals surface area contributed by atoms with Gasteiger partial charge in [0.15, 0.2) is 0 Å². The molecule has 88 valence electrons. The van der Waals surface area contributed by atoms with Crippen LogP contribution in [0.1, 0.15) is 24.8 Å². The number of nitrogens with one attached hydrogen (secondary N) is 1. The molecule has 5 nitrogen and oxygen atoms in total. The Kier molecular flexibility index (Phi) is 2.90. The lowest BCUT2D eigenvalue weighted by Crippen LogP contribution is -2.52. The monoisotopic (exact) mass is 251 g/mol. The molecule has 0 unspecified atom stereocenters. The highest BCUT2D eigenvalue weighted by molar-refractivity contribution is 6.34. The number of carboxylic acid groups (broad SMARTS) is 1. The van der Waals surface area contributed by atoms with Gasteiger partial charge in [0.05, 0.1) is 5.56 Å². The van der Waals surface area contributed by atoms with Crippen molar-refractivity contribution in [3.05, 3.63) is 22.8 Å². The van der Waals surface area contributed by atoms with E-state index >= 15 is 0 Å². The van der Waals surface area contributed by atoms with Crippen molar-refractivity contribution in [1.82, 2.24) is 4.98 Å². The number of carboxylic acids is 1. The van der Waals surface area contributed by atoms with Crippen LogP contribution in [0.15, 0.2) is 12.3 Å². The number of hydrogen-bond acceptors (Lipinski definition) is 4. The highest BCUT2D eigenvalue weighted by Gasteiger charge is 2.45. The van der Waals surface area contributed by atoms with Crippen LogP contribution in [0.3, 0.4) is 0 Å². The number of anilines is 1. The Morgan fingerprint density at radius 3 is 2.82 bits per heavy atom. The minimum Gasteiger partial charge on any atom is -0.480 e. The number of rotatable bonds is 3. The Hall–Kier alpha value is -1.80. The van der Waals surface area contributed by atoms with Gasteiger partial charge in [0.2, 0.25) is 0 Å². The van der Waals surface area contributed by atoms with Crippen molar-refractivity contribution in [2.75, 3.05) is 5.32 Å². The van der Waals surface area contributed by atoms with Gasteiger partial charge in [-0.15, -0.1) is 0 Å². The van der Waals surface area contributed by atoms with Gasteiger partial charge < -0.3 is 10.4 Å². The first-order valence-corrected chi connectivity index (χ1v) is 5.53. The maximum absolute atomic E-state index is 11.2. The molecule has 0 spiro atoms. The van der Waals surface area contributed by atoms with Crippen LogP contribution in [0.25, 0.3) is 0 Å². The molecule has 2 rings (SSSR count). The van der Waals surface area contributed by atoms with Crippen LogP contribution in [0.2, 0.25) is 5.02 Å². The fourth-order valence-electron chi connectivity index (χ4n) is 1.77. The molecular formula is C11H10ClN3O2. The van der Waals surface area contributed by atoms with Crippen LogP contribution in [-0.2, 0) is 4.79 Å². The van der Waals surface area contributed by atoms with Crippen molar-refractivity contribution in [2.45, 2.75) is 24.8 Å². The molecule has 1 aromatic heterocycles. The van der Waals surface area contributed by atoms with Gasteiger partial charge in [-0.1, -0.05) is 11.6 Å². The Balaban J connectivity index is 2.31. The van der Waals surface area contributed by atoms with Gasteiger partial charge in [-0.2, -0.15) is 5.26 Å². The van der Waals surface area contributed by atoms with E-state index in [-0.39, 0.29) is 16.4 Å². The Morgan fingerprint density at radius 2 is 2.35 bits per heavy atom. The second kappa shape index (κ2) is 4.22. The van der Waals surface area contributed by atoms with E-state index in [4.69, 9.17) is 22.0 Å². The predicted octanol–water partition coefficient (Wildman–Crippen LogP) is 2.03. The first-order valence-electron chi connectivity index (χ1n) is 5.15. The van der Waals surface area contributed by atoms with Crippen LogP contribution < -0.4 is 5.32 Å². The smallest absolute Gasteiger partial charge is 0.329 e. The van der Waals surface area contributed by atoms with Gasteiger partial charge in [0.1, 0.15) is 22.4 Å². The maximum Gasteiger partial charge on any atom is 0.329 e. The van der Waals surface area contributed by atoms with Crippen molar-refractivity contribution < 1.29 is 9.90 Å². The number of aliphatic carboxylic acids is 1. The summed E-state index contributed by atoms with van der Waals surface area (Å²) in [6.07, 6.45) is 3.37. The third kappa shape index (κ3) is 1.92. The molecule has 17 heavy (non-hydrogen) atoms. The van der Waals surface area contributed by atoms with Gasteiger partial charge in [0, 0.05) is 6.20 Å². The molecule has 6 heteroatoms. The molecule has 0 aromatic carbocycles. The van der Waals surface area contributed by atoms with Crippen molar-refractivity contribution >= 4 is 23.4 Å². The first-order chi connectivity index (χ1) is 8.09. The number of nitrogens with zero attached hydrogens (tertiary/aromatic N) is 2. The fourth-order valence-corrected chi connectivity index (χ4v) is 1.97. The number of hydrogen-bond donors (Lipinski definition) is 2. The van der Waals surface area contributed by atoms with Crippen LogP contribution in [0, 0.1) is 11.3 Å². The molecule has 0 bridgehead atoms. The highest BCUT2D eigenvalue weighted by atomic mass is 35.5. The second-order valence-corrected chi connectivity index (χ2v) is 4.38. The predicted molar refractivity (Wildman–Crippen MR) is 61.8 cm³/mol. The van der Waals surface area contributed by atoms with E-state index in [1.165, 1.54) is 12.3 Å². The Bertz CT molecular complexity index is 506. The highest BCUT2D eigenvalue weighted by Crippen LogP contribution is 2.37. The van der Waals surface area contributed by atoms with E-state index in [0.29, 0.717) is 12.8 Å². The van der Waals surface area contributed by atoms with E-state index in [1.54, 1.807) is 0 Å². The molecule has 1 aliphatic carbocycles. The third-order valence-electron chi connectivity index (χ3n) is 2.98. The standard InChI is InChI=1S/C11H10ClN3O2/c12-8-7(6-13)2-5-14-9(8)15-11(10(16)17)3-1-4-11/h2,5H,1,3-4H2,(H,14,15)(H,16,17). The van der Waals surface area contributed by atoms with Gasteiger partial charge in [0.25, 0.3) is 0 Å². The number of nitriles is 1. The molecule has 0 aliphatic heterocycles. The molecule has 2 N–H and O–H groups in total. The van der Waals surface area contributed by atoms with E-state index in [0.717, 1.165) is 6.42 Å². The Morgan fingerprint density at radius 1 is 1.65 bits per heavy atom. The fraction of sp³-hybridized carbons (Fsp3) is 0.364. The van der Waals surface area contributed by atoms with E-state index in [1.807, 2.05) is 6.07 Å². The van der Waals surface area contributed by atoms with Crippen molar-refractivity contribution in [2.24, 2.45) is 0 Å². The lowest BCUT2D eigenvalue weighted by molar-refractivity contribution is -0.145. The maximum atomic E-state index is 11.2. The van der Waals surface area contributed by atoms with Crippen molar-refractivity contribution in [1.29, 1.82) is 5.26 Å². The molecular weight excluding hydrogens is 242 g/mol. The number of aromatic nitrogens is 1. The first kappa shape index (κ1) is 11.7. The zero-order valence-corrected chi connectivity index (χ0v) is 9.66. The summed E-state index contributed by atoms with van der Waals surface area (Å²) in [6, 6.07) is 3.42. The number of carbonyl (C=O) groups is 1. The molecule has 1 aliphatic rings. The van der Waals surface area contributed by atoms with Crippen LogP contribution in [0.4, 0.5) is 5.82 Å². The van der Waals surface area contributed by atoms with Crippen molar-refractivity contribution in [3.63, 3.8) is 0 Å². The minimum atomic E-state index is -0.981. The van der Waals surface area contributed by atoms with Gasteiger partial charge in [-0.05, 0) is 25.3 Å². The van der Waals surface area contributed by atoms with E-state index in [9.17, 15) is 4.79 Å². The topological polar surface area (TPSA) is 86.0 Å². The van der Waals surface area contributed by atoms with Gasteiger partial charge >= 0.3 is 5.97 Å². The Labute approximate surface area is 103 Å².